The summed E-state index contributed by atoms with van der Waals surface area (Å²) in [4.78, 5) is 10.7. The van der Waals surface area contributed by atoms with Crippen LogP contribution in [0.2, 0.25) is 0 Å². The standard InChI is InChI=1S/C11H8BrFN2O2/c12-9-7(6-15-5-1-4-14-15)2-3-8(10(9)13)11(16)17/h1-5H,6H2,(H,16,17). The van der Waals surface area contributed by atoms with Crippen LogP contribution in [0.25, 0.3) is 0 Å². The van der Waals surface area contributed by atoms with Crippen molar-refractivity contribution in [2.24, 2.45) is 0 Å². The van der Waals surface area contributed by atoms with Gasteiger partial charge in [0.25, 0.3) is 0 Å². The lowest BCUT2D eigenvalue weighted by Crippen LogP contribution is -2.06. The Kier molecular flexibility index (Phi) is 3.23. The van der Waals surface area contributed by atoms with Gasteiger partial charge in [0.1, 0.15) is 0 Å². The van der Waals surface area contributed by atoms with Crippen LogP contribution in [-0.4, -0.2) is 20.9 Å². The van der Waals surface area contributed by atoms with E-state index in [4.69, 9.17) is 5.11 Å². The van der Waals surface area contributed by atoms with Gasteiger partial charge in [-0.25, -0.2) is 9.18 Å². The molecular formula is C11H8BrFN2O2. The number of aromatic carboxylic acids is 1. The van der Waals surface area contributed by atoms with Crippen molar-refractivity contribution in [3.63, 3.8) is 0 Å². The normalized spacial score (nSPS) is 10.5. The Hall–Kier alpha value is -1.69. The summed E-state index contributed by atoms with van der Waals surface area (Å²) in [5.41, 5.74) is 0.289. The molecular weight excluding hydrogens is 291 g/mol. The lowest BCUT2D eigenvalue weighted by molar-refractivity contribution is 0.0691. The van der Waals surface area contributed by atoms with Gasteiger partial charge in [-0.1, -0.05) is 6.07 Å². The summed E-state index contributed by atoms with van der Waals surface area (Å²) in [5.74, 6) is -2.05. The minimum absolute atomic E-state index is 0.160. The first-order chi connectivity index (χ1) is 8.09. The van der Waals surface area contributed by atoms with Crippen LogP contribution < -0.4 is 0 Å². The molecule has 6 heteroatoms. The maximum Gasteiger partial charge on any atom is 0.338 e. The summed E-state index contributed by atoms with van der Waals surface area (Å²) >= 11 is 3.07. The first-order valence-electron chi connectivity index (χ1n) is 4.77. The molecule has 2 rings (SSSR count). The highest BCUT2D eigenvalue weighted by molar-refractivity contribution is 9.10. The number of nitrogens with zero attached hydrogens (tertiary/aromatic N) is 2. The summed E-state index contributed by atoms with van der Waals surface area (Å²) < 4.78 is 15.5. The molecule has 0 unspecified atom stereocenters. The van der Waals surface area contributed by atoms with Gasteiger partial charge in [-0.15, -0.1) is 0 Å². The molecule has 88 valence electrons. The molecule has 0 bridgehead atoms. The number of rotatable bonds is 3. The van der Waals surface area contributed by atoms with E-state index in [-0.39, 0.29) is 10.0 Å². The molecule has 0 radical (unpaired) electrons. The number of carboxylic acids is 1. The predicted molar refractivity (Wildman–Crippen MR) is 62.4 cm³/mol. The number of halogens is 2. The molecule has 0 saturated heterocycles. The van der Waals surface area contributed by atoms with Gasteiger partial charge in [-0.3, -0.25) is 4.68 Å². The quantitative estimate of drug-likeness (QED) is 0.947. The zero-order chi connectivity index (χ0) is 12.4. The van der Waals surface area contributed by atoms with Crippen molar-refractivity contribution in [2.45, 2.75) is 6.54 Å². The van der Waals surface area contributed by atoms with E-state index < -0.39 is 11.8 Å². The van der Waals surface area contributed by atoms with Crippen molar-refractivity contribution in [3.05, 3.63) is 52.0 Å². The van der Waals surface area contributed by atoms with Gasteiger partial charge in [0.05, 0.1) is 16.6 Å². The molecule has 0 atom stereocenters. The van der Waals surface area contributed by atoms with E-state index in [9.17, 15) is 9.18 Å². The van der Waals surface area contributed by atoms with Crippen LogP contribution in [0.3, 0.4) is 0 Å². The summed E-state index contributed by atoms with van der Waals surface area (Å²) in [6.45, 7) is 0.379. The van der Waals surface area contributed by atoms with Crippen molar-refractivity contribution < 1.29 is 14.3 Å². The molecule has 0 amide bonds. The molecule has 1 aromatic heterocycles. The van der Waals surface area contributed by atoms with E-state index in [2.05, 4.69) is 21.0 Å². The molecule has 0 saturated carbocycles. The molecule has 0 aliphatic rings. The van der Waals surface area contributed by atoms with Crippen LogP contribution in [0.4, 0.5) is 4.39 Å². The second-order valence-electron chi connectivity index (χ2n) is 3.41. The second-order valence-corrected chi connectivity index (χ2v) is 4.20. The average Bonchev–Trinajstić information content (AvgIpc) is 2.77. The highest BCUT2D eigenvalue weighted by atomic mass is 79.9. The number of carbonyl (C=O) groups is 1. The molecule has 0 fully saturated rings. The van der Waals surface area contributed by atoms with Gasteiger partial charge in [0, 0.05) is 12.4 Å². The van der Waals surface area contributed by atoms with Crippen LogP contribution in [0.15, 0.2) is 35.1 Å². The molecule has 4 nitrogen and oxygen atoms in total. The van der Waals surface area contributed by atoms with E-state index >= 15 is 0 Å². The molecule has 17 heavy (non-hydrogen) atoms. The van der Waals surface area contributed by atoms with Crippen LogP contribution in [-0.2, 0) is 6.54 Å². The van der Waals surface area contributed by atoms with Gasteiger partial charge < -0.3 is 5.11 Å². The van der Waals surface area contributed by atoms with Crippen molar-refractivity contribution >= 4 is 21.9 Å². The van der Waals surface area contributed by atoms with E-state index in [0.29, 0.717) is 12.1 Å². The number of aromatic nitrogens is 2. The number of hydrogen-bond donors (Lipinski definition) is 1. The van der Waals surface area contributed by atoms with E-state index in [0.717, 1.165) is 0 Å². The largest absolute Gasteiger partial charge is 0.478 e. The first kappa shape index (κ1) is 11.8. The topological polar surface area (TPSA) is 55.1 Å². The van der Waals surface area contributed by atoms with E-state index in [1.807, 2.05) is 0 Å². The highest BCUT2D eigenvalue weighted by Gasteiger charge is 2.16. The summed E-state index contributed by atoms with van der Waals surface area (Å²) in [6, 6.07) is 4.58. The van der Waals surface area contributed by atoms with Gasteiger partial charge in [0.2, 0.25) is 0 Å². The molecule has 0 spiro atoms. The van der Waals surface area contributed by atoms with E-state index in [1.54, 1.807) is 29.2 Å². The minimum Gasteiger partial charge on any atom is -0.478 e. The summed E-state index contributed by atoms with van der Waals surface area (Å²) in [6.07, 6.45) is 3.37. The Morgan fingerprint density at radius 2 is 2.29 bits per heavy atom. The third kappa shape index (κ3) is 2.36. The van der Waals surface area contributed by atoms with Crippen molar-refractivity contribution in [2.75, 3.05) is 0 Å². The molecule has 0 aliphatic carbocycles. The molecule has 0 aliphatic heterocycles. The Morgan fingerprint density at radius 3 is 2.88 bits per heavy atom. The van der Waals surface area contributed by atoms with Crippen molar-refractivity contribution in [3.8, 4) is 0 Å². The van der Waals surface area contributed by atoms with Gasteiger partial charge in [0.15, 0.2) is 5.82 Å². The van der Waals surface area contributed by atoms with Crippen LogP contribution in [0, 0.1) is 5.82 Å². The lowest BCUT2D eigenvalue weighted by Gasteiger charge is -2.07. The summed E-state index contributed by atoms with van der Waals surface area (Å²) in [7, 11) is 0. The Balaban J connectivity index is 2.37. The molecule has 1 heterocycles. The van der Waals surface area contributed by atoms with Crippen molar-refractivity contribution in [1.29, 1.82) is 0 Å². The van der Waals surface area contributed by atoms with E-state index in [1.165, 1.54) is 6.07 Å². The Morgan fingerprint density at radius 1 is 1.53 bits per heavy atom. The van der Waals surface area contributed by atoms with Gasteiger partial charge in [-0.2, -0.15) is 5.10 Å². The predicted octanol–water partition coefficient (Wildman–Crippen LogP) is 2.53. The monoisotopic (exact) mass is 298 g/mol. The first-order valence-corrected chi connectivity index (χ1v) is 5.56. The number of benzene rings is 1. The SMILES string of the molecule is O=C(O)c1ccc(Cn2cccn2)c(Br)c1F. The van der Waals surface area contributed by atoms with Gasteiger partial charge in [-0.05, 0) is 33.6 Å². The smallest absolute Gasteiger partial charge is 0.338 e. The Bertz CT molecular complexity index is 555. The molecule has 1 aromatic carbocycles. The van der Waals surface area contributed by atoms with Gasteiger partial charge >= 0.3 is 5.97 Å². The maximum absolute atomic E-state index is 13.7. The zero-order valence-corrected chi connectivity index (χ0v) is 10.2. The lowest BCUT2D eigenvalue weighted by atomic mass is 10.1. The van der Waals surface area contributed by atoms with Crippen molar-refractivity contribution in [1.82, 2.24) is 9.78 Å². The number of hydrogen-bond acceptors (Lipinski definition) is 2. The molecule has 2 aromatic rings. The fourth-order valence-corrected chi connectivity index (χ4v) is 1.92. The third-order valence-corrected chi connectivity index (χ3v) is 3.14. The maximum atomic E-state index is 13.7. The third-order valence-electron chi connectivity index (χ3n) is 2.28. The second kappa shape index (κ2) is 4.67. The highest BCUT2D eigenvalue weighted by Crippen LogP contribution is 2.24. The zero-order valence-electron chi connectivity index (χ0n) is 8.60. The van der Waals surface area contributed by atoms with Crippen LogP contribution in [0.5, 0.6) is 0 Å². The fourth-order valence-electron chi connectivity index (χ4n) is 1.45. The number of carboxylic acid groups (broad SMARTS) is 1. The Labute approximate surface area is 105 Å². The fraction of sp³-hybridized carbons (Fsp3) is 0.0909. The molecule has 1 N–H and O–H groups in total. The average molecular weight is 299 g/mol. The van der Waals surface area contributed by atoms with Crippen LogP contribution >= 0.6 is 15.9 Å². The minimum atomic E-state index is -1.28. The summed E-state index contributed by atoms with van der Waals surface area (Å²) in [5, 5.41) is 12.8. The van der Waals surface area contributed by atoms with Crippen LogP contribution in [0.1, 0.15) is 15.9 Å².